The second-order valence-corrected chi connectivity index (χ2v) is 4.23. The number of hydrogen-bond donors (Lipinski definition) is 1. The van der Waals surface area contributed by atoms with Gasteiger partial charge in [-0.05, 0) is 25.8 Å². The van der Waals surface area contributed by atoms with Crippen molar-refractivity contribution in [1.82, 2.24) is 19.7 Å². The quantitative estimate of drug-likeness (QED) is 0.855. The van der Waals surface area contributed by atoms with Crippen LogP contribution in [0.5, 0.6) is 5.88 Å². The van der Waals surface area contributed by atoms with Crippen LogP contribution in [0.1, 0.15) is 18.2 Å². The maximum atomic E-state index is 5.31. The molecule has 0 spiro atoms. The summed E-state index contributed by atoms with van der Waals surface area (Å²) in [6, 6.07) is 0. The van der Waals surface area contributed by atoms with Gasteiger partial charge in [0.05, 0.1) is 25.2 Å². The van der Waals surface area contributed by atoms with Gasteiger partial charge < -0.3 is 10.1 Å². The standard InChI is InChI=1S/C13H19N5O/c1-4-19-13-9-14-8-12(17-13)15-6-5-11-7-16-18(3)10(11)2/h7-9H,4-6H2,1-3H3,(H,15,17). The monoisotopic (exact) mass is 261 g/mol. The molecule has 6 heteroatoms. The van der Waals surface area contributed by atoms with E-state index in [1.54, 1.807) is 12.4 Å². The minimum Gasteiger partial charge on any atom is -0.477 e. The molecule has 0 bridgehead atoms. The van der Waals surface area contributed by atoms with Crippen molar-refractivity contribution >= 4 is 5.82 Å². The molecule has 0 atom stereocenters. The summed E-state index contributed by atoms with van der Waals surface area (Å²) in [5, 5.41) is 7.46. The Bertz CT molecular complexity index is 538. The summed E-state index contributed by atoms with van der Waals surface area (Å²) in [5.41, 5.74) is 2.43. The van der Waals surface area contributed by atoms with Crippen molar-refractivity contribution in [2.45, 2.75) is 20.3 Å². The van der Waals surface area contributed by atoms with Gasteiger partial charge in [0.15, 0.2) is 0 Å². The van der Waals surface area contributed by atoms with Crippen LogP contribution in [0.2, 0.25) is 0 Å². The fourth-order valence-electron chi connectivity index (χ4n) is 1.77. The van der Waals surface area contributed by atoms with Crippen molar-refractivity contribution in [3.05, 3.63) is 29.8 Å². The molecule has 0 radical (unpaired) electrons. The lowest BCUT2D eigenvalue weighted by Gasteiger charge is -2.07. The lowest BCUT2D eigenvalue weighted by molar-refractivity contribution is 0.325. The first-order chi connectivity index (χ1) is 9.20. The molecule has 0 amide bonds. The molecule has 2 aromatic heterocycles. The highest BCUT2D eigenvalue weighted by Gasteiger charge is 2.04. The van der Waals surface area contributed by atoms with Gasteiger partial charge in [0.2, 0.25) is 5.88 Å². The van der Waals surface area contributed by atoms with Gasteiger partial charge in [-0.3, -0.25) is 9.67 Å². The molecule has 102 valence electrons. The van der Waals surface area contributed by atoms with Gasteiger partial charge >= 0.3 is 0 Å². The fourth-order valence-corrected chi connectivity index (χ4v) is 1.77. The molecule has 0 aliphatic carbocycles. The predicted octanol–water partition coefficient (Wildman–Crippen LogP) is 1.57. The number of nitrogens with zero attached hydrogens (tertiary/aromatic N) is 4. The molecular formula is C13H19N5O. The van der Waals surface area contributed by atoms with Crippen LogP contribution in [0.3, 0.4) is 0 Å². The zero-order valence-electron chi connectivity index (χ0n) is 11.6. The number of nitrogens with one attached hydrogen (secondary N) is 1. The molecule has 2 heterocycles. The molecule has 2 rings (SSSR count). The summed E-state index contributed by atoms with van der Waals surface area (Å²) in [6.07, 6.45) is 6.11. The van der Waals surface area contributed by atoms with Gasteiger partial charge in [0.1, 0.15) is 5.82 Å². The lowest BCUT2D eigenvalue weighted by Crippen LogP contribution is -2.08. The first kappa shape index (κ1) is 13.3. The summed E-state index contributed by atoms with van der Waals surface area (Å²) in [4.78, 5) is 8.39. The Labute approximate surface area is 112 Å². The minimum absolute atomic E-state index is 0.546. The van der Waals surface area contributed by atoms with Gasteiger partial charge in [-0.2, -0.15) is 10.1 Å². The summed E-state index contributed by atoms with van der Waals surface area (Å²) >= 11 is 0. The van der Waals surface area contributed by atoms with Crippen molar-refractivity contribution in [1.29, 1.82) is 0 Å². The largest absolute Gasteiger partial charge is 0.477 e. The first-order valence-electron chi connectivity index (χ1n) is 6.37. The maximum absolute atomic E-state index is 5.31. The van der Waals surface area contributed by atoms with Gasteiger partial charge in [0, 0.05) is 19.3 Å². The topological polar surface area (TPSA) is 64.9 Å². The van der Waals surface area contributed by atoms with Crippen LogP contribution in [0.15, 0.2) is 18.6 Å². The zero-order chi connectivity index (χ0) is 13.7. The van der Waals surface area contributed by atoms with Crippen LogP contribution in [0.4, 0.5) is 5.82 Å². The van der Waals surface area contributed by atoms with Crippen LogP contribution in [-0.2, 0) is 13.5 Å². The number of hydrogen-bond acceptors (Lipinski definition) is 5. The normalized spacial score (nSPS) is 10.5. The molecule has 0 aliphatic rings. The number of ether oxygens (including phenoxy) is 1. The van der Waals surface area contributed by atoms with Crippen molar-refractivity contribution in [3.63, 3.8) is 0 Å². The van der Waals surface area contributed by atoms with E-state index in [1.807, 2.05) is 24.9 Å². The second kappa shape index (κ2) is 6.17. The van der Waals surface area contributed by atoms with Crippen molar-refractivity contribution in [3.8, 4) is 5.88 Å². The summed E-state index contributed by atoms with van der Waals surface area (Å²) < 4.78 is 7.19. The molecule has 6 nitrogen and oxygen atoms in total. The molecule has 0 aromatic carbocycles. The number of rotatable bonds is 6. The molecule has 0 saturated heterocycles. The first-order valence-corrected chi connectivity index (χ1v) is 6.37. The van der Waals surface area contributed by atoms with E-state index in [-0.39, 0.29) is 0 Å². The third-order valence-electron chi connectivity index (χ3n) is 2.94. The molecule has 0 saturated carbocycles. The van der Waals surface area contributed by atoms with E-state index in [0.29, 0.717) is 12.5 Å². The third kappa shape index (κ3) is 3.43. The van der Waals surface area contributed by atoms with E-state index in [4.69, 9.17) is 4.74 Å². The van der Waals surface area contributed by atoms with Crippen LogP contribution in [0.25, 0.3) is 0 Å². The van der Waals surface area contributed by atoms with Gasteiger partial charge in [-0.25, -0.2) is 0 Å². The Hall–Kier alpha value is -2.11. The average molecular weight is 261 g/mol. The zero-order valence-corrected chi connectivity index (χ0v) is 11.6. The van der Waals surface area contributed by atoms with Crippen LogP contribution >= 0.6 is 0 Å². The Morgan fingerprint density at radius 1 is 1.32 bits per heavy atom. The second-order valence-electron chi connectivity index (χ2n) is 4.23. The van der Waals surface area contributed by atoms with Crippen LogP contribution < -0.4 is 10.1 Å². The van der Waals surface area contributed by atoms with E-state index < -0.39 is 0 Å². The number of aryl methyl sites for hydroxylation is 1. The smallest absolute Gasteiger partial charge is 0.234 e. The summed E-state index contributed by atoms with van der Waals surface area (Å²) in [5.74, 6) is 1.28. The molecule has 1 N–H and O–H groups in total. The highest BCUT2D eigenvalue weighted by atomic mass is 16.5. The van der Waals surface area contributed by atoms with E-state index in [2.05, 4.69) is 27.3 Å². The highest BCUT2D eigenvalue weighted by molar-refractivity contribution is 5.33. The fraction of sp³-hybridized carbons (Fsp3) is 0.462. The Kier molecular flexibility index (Phi) is 4.33. The van der Waals surface area contributed by atoms with Crippen LogP contribution in [-0.4, -0.2) is 32.9 Å². The molecule has 19 heavy (non-hydrogen) atoms. The molecule has 0 fully saturated rings. The molecular weight excluding hydrogens is 242 g/mol. The minimum atomic E-state index is 0.546. The van der Waals surface area contributed by atoms with Gasteiger partial charge in [-0.1, -0.05) is 0 Å². The maximum Gasteiger partial charge on any atom is 0.234 e. The van der Waals surface area contributed by atoms with Crippen molar-refractivity contribution < 1.29 is 4.74 Å². The Morgan fingerprint density at radius 3 is 2.84 bits per heavy atom. The third-order valence-corrected chi connectivity index (χ3v) is 2.94. The summed E-state index contributed by atoms with van der Waals surface area (Å²) in [6.45, 7) is 5.37. The van der Waals surface area contributed by atoms with Gasteiger partial charge in [0.25, 0.3) is 0 Å². The Morgan fingerprint density at radius 2 is 2.16 bits per heavy atom. The predicted molar refractivity (Wildman–Crippen MR) is 73.3 cm³/mol. The highest BCUT2D eigenvalue weighted by Crippen LogP contribution is 2.10. The van der Waals surface area contributed by atoms with Crippen molar-refractivity contribution in [2.75, 3.05) is 18.5 Å². The number of aromatic nitrogens is 4. The van der Waals surface area contributed by atoms with Crippen molar-refractivity contribution in [2.24, 2.45) is 7.05 Å². The lowest BCUT2D eigenvalue weighted by atomic mass is 10.2. The molecule has 2 aromatic rings. The SMILES string of the molecule is CCOc1cncc(NCCc2cnn(C)c2C)n1. The average Bonchev–Trinajstić information content (AvgIpc) is 2.72. The van der Waals surface area contributed by atoms with Gasteiger partial charge in [-0.15, -0.1) is 0 Å². The van der Waals surface area contributed by atoms with E-state index in [0.717, 1.165) is 18.8 Å². The number of anilines is 1. The Balaban J connectivity index is 1.88. The van der Waals surface area contributed by atoms with E-state index in [9.17, 15) is 0 Å². The van der Waals surface area contributed by atoms with E-state index >= 15 is 0 Å². The molecule has 0 aliphatic heterocycles. The van der Waals surface area contributed by atoms with Crippen LogP contribution in [0, 0.1) is 6.92 Å². The molecule has 0 unspecified atom stereocenters. The summed E-state index contributed by atoms with van der Waals surface area (Å²) in [7, 11) is 1.95. The van der Waals surface area contributed by atoms with E-state index in [1.165, 1.54) is 11.3 Å².